The first-order valence-corrected chi connectivity index (χ1v) is 6.04. The number of nitrogens with zero attached hydrogens (tertiary/aromatic N) is 3. The van der Waals surface area contributed by atoms with Gasteiger partial charge in [-0.15, -0.1) is 0 Å². The number of azide groups is 1. The first-order chi connectivity index (χ1) is 10.4. The standard InChI is InChI=1S/C14H9F3N4O/c15-14(16,17)10-4-2-5-11(8-10)19-13(22)9-3-1-6-12(7-9)20-21-18/h1-8H,(H,19,22). The molecule has 0 saturated heterocycles. The van der Waals surface area contributed by atoms with E-state index >= 15 is 0 Å². The molecule has 5 nitrogen and oxygen atoms in total. The van der Waals surface area contributed by atoms with E-state index in [-0.39, 0.29) is 16.9 Å². The van der Waals surface area contributed by atoms with Gasteiger partial charge in [0.2, 0.25) is 0 Å². The van der Waals surface area contributed by atoms with E-state index in [9.17, 15) is 18.0 Å². The van der Waals surface area contributed by atoms with Gasteiger partial charge in [-0.25, -0.2) is 0 Å². The van der Waals surface area contributed by atoms with E-state index in [2.05, 4.69) is 15.3 Å². The number of carbonyl (C=O) groups excluding carboxylic acids is 1. The van der Waals surface area contributed by atoms with Gasteiger partial charge in [0.1, 0.15) is 0 Å². The third-order valence-electron chi connectivity index (χ3n) is 2.72. The third-order valence-corrected chi connectivity index (χ3v) is 2.72. The number of anilines is 1. The SMILES string of the molecule is [N-]=[N+]=Nc1cccc(C(=O)Nc2cccc(C(F)(F)F)c2)c1. The van der Waals surface area contributed by atoms with Gasteiger partial charge in [-0.05, 0) is 35.9 Å². The van der Waals surface area contributed by atoms with Gasteiger partial charge in [-0.2, -0.15) is 13.2 Å². The summed E-state index contributed by atoms with van der Waals surface area (Å²) < 4.78 is 37.8. The summed E-state index contributed by atoms with van der Waals surface area (Å²) >= 11 is 0. The number of rotatable bonds is 3. The predicted molar refractivity (Wildman–Crippen MR) is 74.6 cm³/mol. The molecule has 0 aliphatic carbocycles. The van der Waals surface area contributed by atoms with Crippen molar-refractivity contribution in [3.63, 3.8) is 0 Å². The zero-order valence-corrected chi connectivity index (χ0v) is 11.0. The minimum atomic E-state index is -4.48. The molecule has 2 rings (SSSR count). The fraction of sp³-hybridized carbons (Fsp3) is 0.0714. The van der Waals surface area contributed by atoms with Crippen LogP contribution in [0.5, 0.6) is 0 Å². The van der Waals surface area contributed by atoms with E-state index < -0.39 is 17.6 Å². The quantitative estimate of drug-likeness (QED) is 0.488. The minimum absolute atomic E-state index is 0.0222. The molecule has 1 amide bonds. The Morgan fingerprint density at radius 3 is 2.55 bits per heavy atom. The smallest absolute Gasteiger partial charge is 0.322 e. The summed E-state index contributed by atoms with van der Waals surface area (Å²) in [4.78, 5) is 14.6. The molecule has 0 heterocycles. The molecule has 0 spiro atoms. The van der Waals surface area contributed by atoms with E-state index in [4.69, 9.17) is 5.53 Å². The first kappa shape index (κ1) is 15.4. The number of halogens is 3. The molecule has 0 radical (unpaired) electrons. The second-order valence-corrected chi connectivity index (χ2v) is 4.27. The molecule has 0 bridgehead atoms. The van der Waals surface area contributed by atoms with Crippen molar-refractivity contribution in [3.8, 4) is 0 Å². The summed E-state index contributed by atoms with van der Waals surface area (Å²) in [5, 5.41) is 5.72. The Balaban J connectivity index is 2.22. The minimum Gasteiger partial charge on any atom is -0.322 e. The van der Waals surface area contributed by atoms with Crippen LogP contribution >= 0.6 is 0 Å². The Kier molecular flexibility index (Phi) is 4.33. The topological polar surface area (TPSA) is 77.9 Å². The van der Waals surface area contributed by atoms with E-state index in [1.165, 1.54) is 36.4 Å². The van der Waals surface area contributed by atoms with Crippen molar-refractivity contribution in [1.29, 1.82) is 0 Å². The number of nitrogens with one attached hydrogen (secondary N) is 1. The summed E-state index contributed by atoms with van der Waals surface area (Å²) in [5.41, 5.74) is 7.92. The first-order valence-electron chi connectivity index (χ1n) is 6.04. The summed E-state index contributed by atoms with van der Waals surface area (Å²) in [6.07, 6.45) is -4.48. The van der Waals surface area contributed by atoms with Crippen LogP contribution in [-0.2, 0) is 6.18 Å². The highest BCUT2D eigenvalue weighted by Crippen LogP contribution is 2.30. The molecule has 0 aliphatic heterocycles. The lowest BCUT2D eigenvalue weighted by Gasteiger charge is -2.10. The lowest BCUT2D eigenvalue weighted by atomic mass is 10.1. The van der Waals surface area contributed by atoms with Gasteiger partial charge in [-0.1, -0.05) is 23.3 Å². The van der Waals surface area contributed by atoms with Gasteiger partial charge in [0, 0.05) is 21.8 Å². The van der Waals surface area contributed by atoms with Gasteiger partial charge in [0.15, 0.2) is 0 Å². The summed E-state index contributed by atoms with van der Waals surface area (Å²) in [5.74, 6) is -0.602. The van der Waals surface area contributed by atoms with Crippen LogP contribution in [0.2, 0.25) is 0 Å². The number of alkyl halides is 3. The highest BCUT2D eigenvalue weighted by atomic mass is 19.4. The number of carbonyl (C=O) groups is 1. The van der Waals surface area contributed by atoms with Crippen molar-refractivity contribution in [2.45, 2.75) is 6.18 Å². The highest BCUT2D eigenvalue weighted by Gasteiger charge is 2.30. The predicted octanol–water partition coefficient (Wildman–Crippen LogP) is 4.90. The Morgan fingerprint density at radius 2 is 1.86 bits per heavy atom. The summed E-state index contributed by atoms with van der Waals surface area (Å²) in [7, 11) is 0. The molecular weight excluding hydrogens is 297 g/mol. The Bertz CT molecular complexity index is 752. The van der Waals surface area contributed by atoms with Crippen molar-refractivity contribution >= 4 is 17.3 Å². The highest BCUT2D eigenvalue weighted by molar-refractivity contribution is 6.04. The lowest BCUT2D eigenvalue weighted by Crippen LogP contribution is -2.13. The van der Waals surface area contributed by atoms with E-state index in [0.29, 0.717) is 0 Å². The molecule has 8 heteroatoms. The van der Waals surface area contributed by atoms with Crippen molar-refractivity contribution in [2.75, 3.05) is 5.32 Å². The maximum Gasteiger partial charge on any atom is 0.416 e. The van der Waals surface area contributed by atoms with E-state index in [1.807, 2.05) is 0 Å². The fourth-order valence-electron chi connectivity index (χ4n) is 1.74. The number of benzene rings is 2. The normalized spacial score (nSPS) is 10.7. The Morgan fingerprint density at radius 1 is 1.14 bits per heavy atom. The van der Waals surface area contributed by atoms with Crippen LogP contribution in [0.4, 0.5) is 24.5 Å². The molecule has 0 aromatic heterocycles. The molecule has 0 aliphatic rings. The van der Waals surface area contributed by atoms with Crippen LogP contribution in [0.25, 0.3) is 10.4 Å². The molecule has 1 N–H and O–H groups in total. The fourth-order valence-corrected chi connectivity index (χ4v) is 1.74. The van der Waals surface area contributed by atoms with Gasteiger partial charge in [-0.3, -0.25) is 4.79 Å². The molecule has 0 saturated carbocycles. The monoisotopic (exact) mass is 306 g/mol. The molecule has 112 valence electrons. The van der Waals surface area contributed by atoms with Crippen LogP contribution in [0.15, 0.2) is 53.6 Å². The largest absolute Gasteiger partial charge is 0.416 e. The van der Waals surface area contributed by atoms with Crippen LogP contribution in [0.1, 0.15) is 15.9 Å². The van der Waals surface area contributed by atoms with Crippen LogP contribution < -0.4 is 5.32 Å². The van der Waals surface area contributed by atoms with Gasteiger partial charge in [0.05, 0.1) is 5.56 Å². The summed E-state index contributed by atoms with van der Waals surface area (Å²) in [6, 6.07) is 10.1. The maximum atomic E-state index is 12.6. The third kappa shape index (κ3) is 3.77. The van der Waals surface area contributed by atoms with Crippen LogP contribution in [0, 0.1) is 0 Å². The van der Waals surface area contributed by atoms with Crippen molar-refractivity contribution in [1.82, 2.24) is 0 Å². The molecule has 2 aromatic carbocycles. The summed E-state index contributed by atoms with van der Waals surface area (Å²) in [6.45, 7) is 0. The Hall–Kier alpha value is -2.99. The maximum absolute atomic E-state index is 12.6. The van der Waals surface area contributed by atoms with Gasteiger partial charge < -0.3 is 5.32 Å². The van der Waals surface area contributed by atoms with Crippen LogP contribution in [-0.4, -0.2) is 5.91 Å². The van der Waals surface area contributed by atoms with E-state index in [0.717, 1.165) is 12.1 Å². The second-order valence-electron chi connectivity index (χ2n) is 4.27. The number of amides is 1. The molecular formula is C14H9F3N4O. The van der Waals surface area contributed by atoms with Crippen molar-refractivity contribution in [2.24, 2.45) is 5.11 Å². The van der Waals surface area contributed by atoms with Crippen molar-refractivity contribution in [3.05, 3.63) is 70.1 Å². The average molecular weight is 306 g/mol. The zero-order valence-electron chi connectivity index (χ0n) is 11.0. The van der Waals surface area contributed by atoms with Crippen molar-refractivity contribution < 1.29 is 18.0 Å². The number of hydrogen-bond acceptors (Lipinski definition) is 2. The van der Waals surface area contributed by atoms with Crippen LogP contribution in [0.3, 0.4) is 0 Å². The van der Waals surface area contributed by atoms with Gasteiger partial charge >= 0.3 is 6.18 Å². The van der Waals surface area contributed by atoms with E-state index in [1.54, 1.807) is 0 Å². The Labute approximate surface area is 123 Å². The lowest BCUT2D eigenvalue weighted by molar-refractivity contribution is -0.137. The number of hydrogen-bond donors (Lipinski definition) is 1. The molecule has 0 unspecified atom stereocenters. The average Bonchev–Trinajstić information content (AvgIpc) is 2.47. The molecule has 2 aromatic rings. The second kappa shape index (κ2) is 6.19. The molecule has 22 heavy (non-hydrogen) atoms. The molecule has 0 atom stereocenters. The van der Waals surface area contributed by atoms with Gasteiger partial charge in [0.25, 0.3) is 5.91 Å². The molecule has 0 fully saturated rings. The zero-order chi connectivity index (χ0) is 16.2.